The number of carbonyl (C=O) groups is 4. The summed E-state index contributed by atoms with van der Waals surface area (Å²) in [5.74, 6) is -1.57. The van der Waals surface area contributed by atoms with Crippen molar-refractivity contribution in [2.75, 3.05) is 17.2 Å². The first-order chi connectivity index (χ1) is 24.9. The molecule has 3 N–H and O–H groups in total. The highest BCUT2D eigenvalue weighted by Crippen LogP contribution is 2.41. The molecule has 0 radical (unpaired) electrons. The number of thiophene rings is 2. The van der Waals surface area contributed by atoms with Crippen molar-refractivity contribution in [2.24, 2.45) is 0 Å². The number of amides is 3. The van der Waals surface area contributed by atoms with Gasteiger partial charge in [0.2, 0.25) is 5.91 Å². The number of hydrogen-bond donors (Lipinski definition) is 3. The van der Waals surface area contributed by atoms with Crippen LogP contribution in [0.1, 0.15) is 73.7 Å². The molecule has 1 aliphatic rings. The number of fused-ring (bicyclic) bond motifs is 1. The van der Waals surface area contributed by atoms with Gasteiger partial charge in [-0.2, -0.15) is 11.3 Å². The first kappa shape index (κ1) is 35.8. The Balaban J connectivity index is 1.24. The monoisotopic (exact) mass is 735 g/mol. The topological polar surface area (TPSA) is 114 Å². The first-order valence-corrected chi connectivity index (χ1v) is 19.4. The molecule has 3 aromatic carbocycles. The van der Waals surface area contributed by atoms with Gasteiger partial charge in [0, 0.05) is 21.0 Å². The van der Waals surface area contributed by atoms with Crippen LogP contribution in [0.4, 0.5) is 10.7 Å². The minimum atomic E-state index is -0.673. The molecule has 1 atom stereocenters. The summed E-state index contributed by atoms with van der Waals surface area (Å²) in [5, 5.41) is 12.4. The van der Waals surface area contributed by atoms with Crippen molar-refractivity contribution in [1.82, 2.24) is 5.32 Å². The van der Waals surface area contributed by atoms with E-state index in [9.17, 15) is 19.2 Å². The quantitative estimate of drug-likeness (QED) is 0.0510. The van der Waals surface area contributed by atoms with E-state index in [0.717, 1.165) is 58.6 Å². The Morgan fingerprint density at radius 3 is 2.39 bits per heavy atom. The van der Waals surface area contributed by atoms with E-state index in [-0.39, 0.29) is 18.2 Å². The lowest BCUT2D eigenvalue weighted by molar-refractivity contribution is -0.116. The summed E-state index contributed by atoms with van der Waals surface area (Å²) in [6, 6.07) is 27.3. The van der Waals surface area contributed by atoms with Crippen molar-refractivity contribution in [3.8, 4) is 0 Å². The summed E-state index contributed by atoms with van der Waals surface area (Å²) < 4.78 is 5.44. The Labute approximate surface area is 309 Å². The molecule has 6 rings (SSSR count). The maximum atomic E-state index is 14.2. The van der Waals surface area contributed by atoms with Gasteiger partial charge in [0.05, 0.1) is 12.2 Å². The van der Waals surface area contributed by atoms with Gasteiger partial charge in [-0.05, 0) is 103 Å². The van der Waals surface area contributed by atoms with Gasteiger partial charge in [0.25, 0.3) is 11.8 Å². The third-order valence-electron chi connectivity index (χ3n) is 8.21. The normalized spacial score (nSPS) is 13.3. The zero-order valence-electron chi connectivity index (χ0n) is 28.0. The van der Waals surface area contributed by atoms with Crippen LogP contribution in [0.25, 0.3) is 6.08 Å². The van der Waals surface area contributed by atoms with E-state index in [1.807, 2.05) is 59.3 Å². The molecule has 0 spiro atoms. The number of thioether (sulfide) groups is 1. The van der Waals surface area contributed by atoms with Crippen LogP contribution < -0.4 is 16.0 Å². The fraction of sp³-hybridized carbons (Fsp3) is 0.200. The summed E-state index contributed by atoms with van der Waals surface area (Å²) in [5.41, 5.74) is 4.05. The number of hydrogen-bond acceptors (Lipinski definition) is 8. The molecule has 0 saturated heterocycles. The van der Waals surface area contributed by atoms with E-state index < -0.39 is 23.0 Å². The molecule has 0 bridgehead atoms. The maximum absolute atomic E-state index is 14.2. The lowest BCUT2D eigenvalue weighted by atomic mass is 10.1. The van der Waals surface area contributed by atoms with Crippen LogP contribution in [-0.2, 0) is 27.2 Å². The van der Waals surface area contributed by atoms with Gasteiger partial charge in [0.15, 0.2) is 0 Å². The average molecular weight is 736 g/mol. The van der Waals surface area contributed by atoms with E-state index in [0.29, 0.717) is 21.8 Å². The minimum absolute atomic E-state index is 0.0913. The fourth-order valence-corrected chi connectivity index (χ4v) is 8.76. The molecule has 2 heterocycles. The summed E-state index contributed by atoms with van der Waals surface area (Å²) in [7, 11) is 0. The molecule has 0 fully saturated rings. The van der Waals surface area contributed by atoms with Crippen molar-refractivity contribution < 1.29 is 23.9 Å². The Morgan fingerprint density at radius 1 is 0.882 bits per heavy atom. The molecule has 0 aliphatic heterocycles. The minimum Gasteiger partial charge on any atom is -0.462 e. The Bertz CT molecular complexity index is 2020. The zero-order valence-corrected chi connectivity index (χ0v) is 30.4. The second-order valence-electron chi connectivity index (χ2n) is 11.8. The molecule has 2 aromatic heterocycles. The number of ether oxygens (including phenoxy) is 1. The van der Waals surface area contributed by atoms with Crippen LogP contribution in [-0.4, -0.2) is 30.3 Å². The SMILES string of the molecule is CCOC(=O)c1c(NC(=O)C(Sc2cccc(NC(=O)/C(=C/c3ccsc3)NC(=O)c3ccccc3)c2)c2ccccc2)sc2c1CCCCC2. The number of rotatable bonds is 12. The first-order valence-electron chi connectivity index (χ1n) is 16.8. The van der Waals surface area contributed by atoms with Gasteiger partial charge in [-0.3, -0.25) is 14.4 Å². The van der Waals surface area contributed by atoms with Crippen molar-refractivity contribution in [2.45, 2.75) is 49.2 Å². The molecular formula is C40H37N3O5S3. The maximum Gasteiger partial charge on any atom is 0.341 e. The largest absolute Gasteiger partial charge is 0.462 e. The highest BCUT2D eigenvalue weighted by Gasteiger charge is 2.29. The number of nitrogens with one attached hydrogen (secondary N) is 3. The Morgan fingerprint density at radius 2 is 1.65 bits per heavy atom. The lowest BCUT2D eigenvalue weighted by Crippen LogP contribution is -2.30. The smallest absolute Gasteiger partial charge is 0.341 e. The summed E-state index contributed by atoms with van der Waals surface area (Å²) in [6.45, 7) is 2.03. The summed E-state index contributed by atoms with van der Waals surface area (Å²) >= 11 is 4.29. The van der Waals surface area contributed by atoms with Gasteiger partial charge in [-0.25, -0.2) is 4.79 Å². The second kappa shape index (κ2) is 17.3. The predicted octanol–water partition coefficient (Wildman–Crippen LogP) is 9.14. The van der Waals surface area contributed by atoms with Crippen LogP contribution in [0, 0.1) is 0 Å². The predicted molar refractivity (Wildman–Crippen MR) is 206 cm³/mol. The fourth-order valence-electron chi connectivity index (χ4n) is 5.78. The van der Waals surface area contributed by atoms with Gasteiger partial charge in [-0.15, -0.1) is 23.1 Å². The third-order valence-corrected chi connectivity index (χ3v) is 11.4. The Kier molecular flexibility index (Phi) is 12.2. The molecule has 1 aliphatic carbocycles. The highest BCUT2D eigenvalue weighted by molar-refractivity contribution is 8.00. The molecule has 260 valence electrons. The van der Waals surface area contributed by atoms with Crippen molar-refractivity contribution in [3.63, 3.8) is 0 Å². The second-order valence-corrected chi connectivity index (χ2v) is 14.9. The van der Waals surface area contributed by atoms with Crippen molar-refractivity contribution in [1.29, 1.82) is 0 Å². The molecular weight excluding hydrogens is 699 g/mol. The van der Waals surface area contributed by atoms with Gasteiger partial charge >= 0.3 is 5.97 Å². The van der Waals surface area contributed by atoms with Gasteiger partial charge in [0.1, 0.15) is 15.9 Å². The molecule has 51 heavy (non-hydrogen) atoms. The van der Waals surface area contributed by atoms with Crippen LogP contribution in [0.5, 0.6) is 0 Å². The zero-order chi connectivity index (χ0) is 35.6. The van der Waals surface area contributed by atoms with Crippen LogP contribution >= 0.6 is 34.4 Å². The number of esters is 1. The summed E-state index contributed by atoms with van der Waals surface area (Å²) in [6.07, 6.45) is 6.43. The third kappa shape index (κ3) is 9.23. The standard InChI is InChI=1S/C40H37N3O5S3/c1-2-48-40(47)34-31-19-10-5-11-20-33(31)51-39(34)43-38(46)35(27-13-6-3-7-14-27)50-30-18-12-17-29(24-30)41-37(45)32(23-26-21-22-49-25-26)42-36(44)28-15-8-4-9-16-28/h3-4,6-9,12-18,21-25,35H,2,5,10-11,19-20H2,1H3,(H,41,45)(H,42,44)(H,43,46)/b32-23-. The molecule has 3 amide bonds. The average Bonchev–Trinajstić information content (AvgIpc) is 3.72. The Hall–Kier alpha value is -4.97. The van der Waals surface area contributed by atoms with Crippen LogP contribution in [0.15, 0.2) is 112 Å². The highest BCUT2D eigenvalue weighted by atomic mass is 32.2. The van der Waals surface area contributed by atoms with Crippen molar-refractivity contribution >= 4 is 74.9 Å². The molecule has 11 heteroatoms. The van der Waals surface area contributed by atoms with Crippen LogP contribution in [0.3, 0.4) is 0 Å². The number of anilines is 2. The van der Waals surface area contributed by atoms with E-state index in [2.05, 4.69) is 16.0 Å². The summed E-state index contributed by atoms with van der Waals surface area (Å²) in [4.78, 5) is 55.8. The molecule has 1 unspecified atom stereocenters. The number of aryl methyl sites for hydroxylation is 1. The van der Waals surface area contributed by atoms with Crippen molar-refractivity contribution in [3.05, 3.63) is 140 Å². The van der Waals surface area contributed by atoms with E-state index in [1.165, 1.54) is 34.4 Å². The number of benzene rings is 3. The van der Waals surface area contributed by atoms with Gasteiger partial charge in [-0.1, -0.05) is 61.0 Å². The molecule has 5 aromatic rings. The molecule has 0 saturated carbocycles. The van der Waals surface area contributed by atoms with E-state index in [4.69, 9.17) is 4.74 Å². The van der Waals surface area contributed by atoms with E-state index in [1.54, 1.807) is 55.5 Å². The van der Waals surface area contributed by atoms with Gasteiger partial charge < -0.3 is 20.7 Å². The number of carbonyl (C=O) groups excluding carboxylic acids is 4. The molecule has 8 nitrogen and oxygen atoms in total. The lowest BCUT2D eigenvalue weighted by Gasteiger charge is -2.18. The van der Waals surface area contributed by atoms with Crippen LogP contribution in [0.2, 0.25) is 0 Å². The van der Waals surface area contributed by atoms with E-state index >= 15 is 0 Å².